The number of benzene rings is 2. The number of hydrogen-bond acceptors (Lipinski definition) is 5. The summed E-state index contributed by atoms with van der Waals surface area (Å²) >= 11 is 1.19. The molecule has 1 amide bonds. The Morgan fingerprint density at radius 3 is 2.53 bits per heavy atom. The van der Waals surface area contributed by atoms with Gasteiger partial charge in [0.25, 0.3) is 0 Å². The van der Waals surface area contributed by atoms with Crippen LogP contribution < -0.4 is 9.64 Å². The number of alkyl halides is 3. The molecule has 34 heavy (non-hydrogen) atoms. The van der Waals surface area contributed by atoms with Crippen LogP contribution in [-0.2, 0) is 16.0 Å². The molecular weight excluding hydrogens is 469 g/mol. The Labute approximate surface area is 197 Å². The lowest BCUT2D eigenvalue weighted by Crippen LogP contribution is -2.39. The summed E-state index contributed by atoms with van der Waals surface area (Å²) in [7, 11) is 0. The quantitative estimate of drug-likeness (QED) is 0.426. The molecule has 6 nitrogen and oxygen atoms in total. The van der Waals surface area contributed by atoms with Gasteiger partial charge in [-0.3, -0.25) is 14.5 Å². The standard InChI is InChI=1S/C24H21F3N2O4S/c25-24(26,27)33-19-8-4-7-16(12-19)20-14-34-23(28-20)29(18-9-10-18)22(32)17(13-21(30)31)11-15-5-2-1-3-6-15/h1-8,12,14,17-18H,9-11,13H2,(H,30,31)/t17-/m1/s1. The van der Waals surface area contributed by atoms with Gasteiger partial charge >= 0.3 is 12.3 Å². The predicted molar refractivity (Wildman–Crippen MR) is 121 cm³/mol. The molecule has 1 aliphatic carbocycles. The van der Waals surface area contributed by atoms with Crippen LogP contribution >= 0.6 is 11.3 Å². The van der Waals surface area contributed by atoms with Crippen molar-refractivity contribution in [1.29, 1.82) is 0 Å². The molecule has 0 saturated heterocycles. The van der Waals surface area contributed by atoms with Crippen LogP contribution in [0.2, 0.25) is 0 Å². The highest BCUT2D eigenvalue weighted by atomic mass is 32.1. The van der Waals surface area contributed by atoms with E-state index in [1.807, 2.05) is 30.3 Å². The minimum Gasteiger partial charge on any atom is -0.481 e. The topological polar surface area (TPSA) is 79.7 Å². The maximum atomic E-state index is 13.5. The number of carbonyl (C=O) groups excluding carboxylic acids is 1. The smallest absolute Gasteiger partial charge is 0.481 e. The second-order valence-corrected chi connectivity index (χ2v) is 8.85. The molecule has 1 atom stereocenters. The molecule has 1 fully saturated rings. The number of thiazole rings is 1. The number of carbonyl (C=O) groups is 2. The van der Waals surface area contributed by atoms with Crippen molar-refractivity contribution in [2.24, 2.45) is 5.92 Å². The van der Waals surface area contributed by atoms with Crippen molar-refractivity contribution in [3.8, 4) is 17.0 Å². The fourth-order valence-electron chi connectivity index (χ4n) is 3.68. The Kier molecular flexibility index (Phi) is 6.87. The molecule has 0 aliphatic heterocycles. The molecule has 1 aromatic heterocycles. The lowest BCUT2D eigenvalue weighted by molar-refractivity contribution is -0.274. The van der Waals surface area contributed by atoms with Crippen molar-refractivity contribution in [2.45, 2.75) is 38.1 Å². The first-order valence-electron chi connectivity index (χ1n) is 10.6. The molecule has 0 radical (unpaired) electrons. The Bertz CT molecular complexity index is 1160. The maximum absolute atomic E-state index is 13.5. The molecule has 1 aliphatic rings. The zero-order chi connectivity index (χ0) is 24.3. The third-order valence-electron chi connectivity index (χ3n) is 5.31. The van der Waals surface area contributed by atoms with Crippen molar-refractivity contribution in [3.05, 3.63) is 65.5 Å². The molecule has 2 aromatic carbocycles. The van der Waals surface area contributed by atoms with E-state index in [-0.39, 0.29) is 30.5 Å². The molecule has 4 rings (SSSR count). The van der Waals surface area contributed by atoms with Gasteiger partial charge in [-0.05, 0) is 37.0 Å². The summed E-state index contributed by atoms with van der Waals surface area (Å²) in [5, 5.41) is 11.5. The lowest BCUT2D eigenvalue weighted by Gasteiger charge is -2.24. The first-order valence-corrected chi connectivity index (χ1v) is 11.5. The van der Waals surface area contributed by atoms with Crippen molar-refractivity contribution in [3.63, 3.8) is 0 Å². The largest absolute Gasteiger partial charge is 0.573 e. The van der Waals surface area contributed by atoms with E-state index in [4.69, 9.17) is 0 Å². The van der Waals surface area contributed by atoms with E-state index in [1.165, 1.54) is 29.5 Å². The Hall–Kier alpha value is -3.40. The summed E-state index contributed by atoms with van der Waals surface area (Å²) in [5.41, 5.74) is 1.68. The Morgan fingerprint density at radius 2 is 1.88 bits per heavy atom. The number of aromatic nitrogens is 1. The highest BCUT2D eigenvalue weighted by Gasteiger charge is 2.39. The van der Waals surface area contributed by atoms with Crippen LogP contribution in [-0.4, -0.2) is 34.4 Å². The van der Waals surface area contributed by atoms with E-state index in [0.29, 0.717) is 16.4 Å². The monoisotopic (exact) mass is 490 g/mol. The molecule has 178 valence electrons. The predicted octanol–water partition coefficient (Wildman–Crippen LogP) is 5.54. The number of amides is 1. The molecular formula is C24H21F3N2O4S. The van der Waals surface area contributed by atoms with Crippen LogP contribution in [0, 0.1) is 5.92 Å². The fourth-order valence-corrected chi connectivity index (χ4v) is 4.59. The lowest BCUT2D eigenvalue weighted by atomic mass is 9.94. The Morgan fingerprint density at radius 1 is 1.15 bits per heavy atom. The minimum atomic E-state index is -4.81. The van der Waals surface area contributed by atoms with Crippen LogP contribution in [0.3, 0.4) is 0 Å². The van der Waals surface area contributed by atoms with Crippen molar-refractivity contribution < 1.29 is 32.6 Å². The van der Waals surface area contributed by atoms with Gasteiger partial charge in [-0.15, -0.1) is 24.5 Å². The van der Waals surface area contributed by atoms with E-state index in [0.717, 1.165) is 18.4 Å². The van der Waals surface area contributed by atoms with E-state index in [9.17, 15) is 27.9 Å². The van der Waals surface area contributed by atoms with E-state index in [1.54, 1.807) is 16.3 Å². The van der Waals surface area contributed by atoms with Crippen LogP contribution in [0.4, 0.5) is 18.3 Å². The molecule has 10 heteroatoms. The number of nitrogens with zero attached hydrogens (tertiary/aromatic N) is 2. The van der Waals surface area contributed by atoms with Gasteiger partial charge in [0.05, 0.1) is 18.0 Å². The molecule has 0 unspecified atom stereocenters. The first-order chi connectivity index (χ1) is 16.2. The molecule has 1 heterocycles. The highest BCUT2D eigenvalue weighted by Crippen LogP contribution is 2.38. The third kappa shape index (κ3) is 6.13. The van der Waals surface area contributed by atoms with Crippen molar-refractivity contribution in [2.75, 3.05) is 4.90 Å². The molecule has 0 bridgehead atoms. The summed E-state index contributed by atoms with van der Waals surface area (Å²) in [6.45, 7) is 0. The number of ether oxygens (including phenoxy) is 1. The number of hydrogen-bond donors (Lipinski definition) is 1. The first kappa shape index (κ1) is 23.7. The summed E-state index contributed by atoms with van der Waals surface area (Å²) < 4.78 is 41.7. The number of halogens is 3. The van der Waals surface area contributed by atoms with Gasteiger partial charge in [0, 0.05) is 17.0 Å². The average molecular weight is 491 g/mol. The van der Waals surface area contributed by atoms with Crippen LogP contribution in [0.25, 0.3) is 11.3 Å². The minimum absolute atomic E-state index is 0.0709. The fraction of sp³-hybridized carbons (Fsp3) is 0.292. The number of rotatable bonds is 9. The van der Waals surface area contributed by atoms with Crippen LogP contribution in [0.5, 0.6) is 5.75 Å². The van der Waals surface area contributed by atoms with Gasteiger partial charge in [0.2, 0.25) is 5.91 Å². The molecule has 1 N–H and O–H groups in total. The van der Waals surface area contributed by atoms with Gasteiger partial charge < -0.3 is 9.84 Å². The van der Waals surface area contributed by atoms with Crippen molar-refractivity contribution >= 4 is 28.3 Å². The van der Waals surface area contributed by atoms with Crippen LogP contribution in [0.1, 0.15) is 24.8 Å². The second kappa shape index (κ2) is 9.84. The maximum Gasteiger partial charge on any atom is 0.573 e. The zero-order valence-electron chi connectivity index (χ0n) is 17.9. The normalized spacial score (nSPS) is 14.4. The number of anilines is 1. The van der Waals surface area contributed by atoms with E-state index in [2.05, 4.69) is 9.72 Å². The highest BCUT2D eigenvalue weighted by molar-refractivity contribution is 7.14. The third-order valence-corrected chi connectivity index (χ3v) is 6.15. The van der Waals surface area contributed by atoms with Gasteiger partial charge in [-0.25, -0.2) is 4.98 Å². The van der Waals surface area contributed by atoms with E-state index < -0.39 is 18.2 Å². The zero-order valence-corrected chi connectivity index (χ0v) is 18.7. The number of aliphatic carboxylic acids is 1. The molecule has 3 aromatic rings. The van der Waals surface area contributed by atoms with Gasteiger partial charge in [-0.1, -0.05) is 42.5 Å². The average Bonchev–Trinajstić information content (AvgIpc) is 3.48. The van der Waals surface area contributed by atoms with Crippen molar-refractivity contribution in [1.82, 2.24) is 4.98 Å². The number of carboxylic acid groups (broad SMARTS) is 1. The SMILES string of the molecule is O=C(O)C[C@@H](Cc1ccccc1)C(=O)N(c1nc(-c2cccc(OC(F)(F)F)c2)cs1)C1CC1. The number of carboxylic acids is 1. The Balaban J connectivity index is 1.59. The summed E-state index contributed by atoms with van der Waals surface area (Å²) in [6.07, 6.45) is -3.28. The second-order valence-electron chi connectivity index (χ2n) is 8.01. The van der Waals surface area contributed by atoms with Gasteiger partial charge in [-0.2, -0.15) is 0 Å². The van der Waals surface area contributed by atoms with Crippen LogP contribution in [0.15, 0.2) is 60.0 Å². The van der Waals surface area contributed by atoms with Gasteiger partial charge in [0.15, 0.2) is 5.13 Å². The summed E-state index contributed by atoms with van der Waals surface area (Å²) in [4.78, 5) is 31.1. The molecule has 0 spiro atoms. The summed E-state index contributed by atoms with van der Waals surface area (Å²) in [6, 6.07) is 14.6. The van der Waals surface area contributed by atoms with Gasteiger partial charge in [0.1, 0.15) is 5.75 Å². The molecule has 1 saturated carbocycles. The van der Waals surface area contributed by atoms with E-state index >= 15 is 0 Å². The summed E-state index contributed by atoms with van der Waals surface area (Å²) in [5.74, 6) is -2.51.